The fourth-order valence-electron chi connectivity index (χ4n) is 2.34. The number of anilines is 3. The van der Waals surface area contributed by atoms with E-state index in [0.29, 0.717) is 21.3 Å². The van der Waals surface area contributed by atoms with Crippen LogP contribution < -0.4 is 21.9 Å². The molecule has 0 fully saturated rings. The maximum absolute atomic E-state index is 12.3. The number of carbonyl (C=O) groups excluding carboxylic acids is 2. The Morgan fingerprint density at radius 1 is 1.07 bits per heavy atom. The van der Waals surface area contributed by atoms with E-state index in [9.17, 15) is 14.4 Å². The van der Waals surface area contributed by atoms with E-state index in [1.807, 2.05) is 0 Å². The summed E-state index contributed by atoms with van der Waals surface area (Å²) in [5.74, 6) is -1.04. The molecule has 2 aromatic carbocycles. The van der Waals surface area contributed by atoms with Crippen LogP contribution in [0.2, 0.25) is 10.0 Å². The van der Waals surface area contributed by atoms with Gasteiger partial charge in [0.05, 0.1) is 5.75 Å². The number of carbonyl (C=O) groups is 2. The third kappa shape index (κ3) is 5.76. The molecule has 1 heterocycles. The van der Waals surface area contributed by atoms with Crippen LogP contribution in [0, 0.1) is 0 Å². The van der Waals surface area contributed by atoms with Crippen molar-refractivity contribution >= 4 is 64.0 Å². The van der Waals surface area contributed by atoms with Gasteiger partial charge in [-0.3, -0.25) is 19.4 Å². The van der Waals surface area contributed by atoms with Crippen molar-refractivity contribution in [1.82, 2.24) is 9.97 Å². The lowest BCUT2D eigenvalue weighted by Gasteiger charge is -2.09. The van der Waals surface area contributed by atoms with Gasteiger partial charge in [-0.1, -0.05) is 41.0 Å². The molecule has 0 aliphatic carbocycles. The molecule has 5 N–H and O–H groups in total. The number of amides is 2. The predicted molar refractivity (Wildman–Crippen MR) is 119 cm³/mol. The maximum Gasteiger partial charge on any atom is 0.277 e. The number of benzene rings is 2. The number of halogens is 2. The Kier molecular flexibility index (Phi) is 6.99. The predicted octanol–water partition coefficient (Wildman–Crippen LogP) is 3.64. The van der Waals surface area contributed by atoms with Gasteiger partial charge < -0.3 is 16.4 Å². The Balaban J connectivity index is 1.64. The first-order chi connectivity index (χ1) is 14.3. The topological polar surface area (TPSA) is 130 Å². The molecule has 3 aromatic rings. The molecule has 0 spiro atoms. The number of thioether (sulfide) groups is 1. The summed E-state index contributed by atoms with van der Waals surface area (Å²) in [5, 5.41) is 6.23. The van der Waals surface area contributed by atoms with E-state index in [1.54, 1.807) is 36.4 Å². The molecule has 0 saturated heterocycles. The lowest BCUT2D eigenvalue weighted by Crippen LogP contribution is -2.23. The van der Waals surface area contributed by atoms with Gasteiger partial charge in [0.1, 0.15) is 5.69 Å². The van der Waals surface area contributed by atoms with Crippen LogP contribution in [0.1, 0.15) is 10.4 Å². The Hall–Kier alpha value is -3.01. The van der Waals surface area contributed by atoms with Gasteiger partial charge in [0.2, 0.25) is 5.91 Å². The second-order valence-electron chi connectivity index (χ2n) is 5.94. The van der Waals surface area contributed by atoms with Gasteiger partial charge in [-0.2, -0.15) is 0 Å². The van der Waals surface area contributed by atoms with Crippen molar-refractivity contribution in [3.63, 3.8) is 0 Å². The van der Waals surface area contributed by atoms with Crippen LogP contribution in [0.25, 0.3) is 0 Å². The summed E-state index contributed by atoms with van der Waals surface area (Å²) in [5.41, 5.74) is 5.86. The van der Waals surface area contributed by atoms with Crippen LogP contribution in [-0.4, -0.2) is 27.5 Å². The van der Waals surface area contributed by atoms with Gasteiger partial charge >= 0.3 is 0 Å². The van der Waals surface area contributed by atoms with Crippen LogP contribution in [0.15, 0.2) is 58.5 Å². The Morgan fingerprint density at radius 2 is 1.80 bits per heavy atom. The first-order valence-corrected chi connectivity index (χ1v) is 10.2. The fourth-order valence-corrected chi connectivity index (χ4v) is 3.33. The zero-order chi connectivity index (χ0) is 21.7. The van der Waals surface area contributed by atoms with Gasteiger partial charge in [0.15, 0.2) is 11.0 Å². The monoisotopic (exact) mass is 463 g/mol. The van der Waals surface area contributed by atoms with E-state index in [0.717, 1.165) is 11.8 Å². The number of H-pyrrole nitrogens is 1. The van der Waals surface area contributed by atoms with Crippen LogP contribution in [0.3, 0.4) is 0 Å². The summed E-state index contributed by atoms with van der Waals surface area (Å²) in [6, 6.07) is 12.8. The van der Waals surface area contributed by atoms with E-state index in [4.69, 9.17) is 28.9 Å². The number of nitrogens with zero attached hydrogens (tertiary/aromatic N) is 1. The lowest BCUT2D eigenvalue weighted by molar-refractivity contribution is -0.113. The number of hydrogen-bond donors (Lipinski definition) is 4. The number of aromatic amines is 1. The number of nitrogens with two attached hydrogens (primary N) is 1. The second kappa shape index (κ2) is 9.66. The summed E-state index contributed by atoms with van der Waals surface area (Å²) < 4.78 is 0. The molecule has 0 unspecified atom stereocenters. The van der Waals surface area contributed by atoms with Crippen LogP contribution in [0.5, 0.6) is 0 Å². The minimum Gasteiger partial charge on any atom is -0.382 e. The summed E-state index contributed by atoms with van der Waals surface area (Å²) in [7, 11) is 0. The molecule has 0 atom stereocenters. The van der Waals surface area contributed by atoms with E-state index >= 15 is 0 Å². The summed E-state index contributed by atoms with van der Waals surface area (Å²) in [6.07, 6.45) is 0. The number of nitrogens with one attached hydrogen (secondary N) is 3. The van der Waals surface area contributed by atoms with E-state index in [1.165, 1.54) is 12.1 Å². The van der Waals surface area contributed by atoms with Gasteiger partial charge in [-0.25, -0.2) is 4.98 Å². The molecular weight excluding hydrogens is 449 g/mol. The highest BCUT2D eigenvalue weighted by atomic mass is 35.5. The van der Waals surface area contributed by atoms with Crippen molar-refractivity contribution in [3.05, 3.63) is 74.5 Å². The molecule has 8 nitrogen and oxygen atoms in total. The number of aromatic nitrogens is 2. The van der Waals surface area contributed by atoms with Crippen molar-refractivity contribution in [2.75, 3.05) is 22.1 Å². The third-order valence-corrected chi connectivity index (χ3v) is 5.08. The Labute approximate surface area is 185 Å². The van der Waals surface area contributed by atoms with Gasteiger partial charge in [-0.15, -0.1) is 0 Å². The molecule has 3 rings (SSSR count). The first kappa shape index (κ1) is 21.7. The van der Waals surface area contributed by atoms with Gasteiger partial charge in [0.25, 0.3) is 11.5 Å². The highest BCUT2D eigenvalue weighted by molar-refractivity contribution is 7.99. The summed E-state index contributed by atoms with van der Waals surface area (Å²) in [6.45, 7) is 0. The largest absolute Gasteiger partial charge is 0.382 e. The average molecular weight is 464 g/mol. The number of hydrogen-bond acceptors (Lipinski definition) is 6. The number of rotatable bonds is 6. The van der Waals surface area contributed by atoms with E-state index in [2.05, 4.69) is 20.6 Å². The minimum absolute atomic E-state index is 0.0224. The molecule has 154 valence electrons. The number of nitrogen functional groups attached to an aromatic ring is 1. The fraction of sp³-hybridized carbons (Fsp3) is 0.0526. The van der Waals surface area contributed by atoms with Crippen LogP contribution in [-0.2, 0) is 4.79 Å². The molecule has 2 amide bonds. The zero-order valence-corrected chi connectivity index (χ0v) is 17.6. The van der Waals surface area contributed by atoms with Crippen molar-refractivity contribution in [3.8, 4) is 0 Å². The minimum atomic E-state index is -0.637. The molecule has 0 saturated carbocycles. The third-order valence-electron chi connectivity index (χ3n) is 3.72. The van der Waals surface area contributed by atoms with E-state index in [-0.39, 0.29) is 28.3 Å². The Morgan fingerprint density at radius 3 is 2.47 bits per heavy atom. The average Bonchev–Trinajstić information content (AvgIpc) is 2.69. The molecule has 30 heavy (non-hydrogen) atoms. The standard InChI is InChI=1S/C19H15Cl2N5O3S/c20-11-6-4-10(5-7-11)17(28)24-15-16(22)25-19(26-18(15)29)30-9-14(27)23-13-3-1-2-12(21)8-13/h1-8H,9H2,(H,23,27)(H,24,28)(H3,22,25,26,29). The molecular formula is C19H15Cl2N5O3S. The first-order valence-electron chi connectivity index (χ1n) is 8.47. The molecule has 1 aromatic heterocycles. The maximum atomic E-state index is 12.3. The SMILES string of the molecule is Nc1nc(SCC(=O)Nc2cccc(Cl)c2)[nH]c(=O)c1NC(=O)c1ccc(Cl)cc1. The zero-order valence-electron chi connectivity index (χ0n) is 15.2. The highest BCUT2D eigenvalue weighted by Crippen LogP contribution is 2.19. The summed E-state index contributed by atoms with van der Waals surface area (Å²) >= 11 is 12.7. The highest BCUT2D eigenvalue weighted by Gasteiger charge is 2.15. The van der Waals surface area contributed by atoms with Crippen molar-refractivity contribution < 1.29 is 9.59 Å². The Bertz CT molecular complexity index is 1150. The molecule has 11 heteroatoms. The molecule has 0 aliphatic rings. The van der Waals surface area contributed by atoms with Crippen LogP contribution >= 0.6 is 35.0 Å². The smallest absolute Gasteiger partial charge is 0.277 e. The molecule has 0 bridgehead atoms. The normalized spacial score (nSPS) is 10.5. The van der Waals surface area contributed by atoms with Crippen molar-refractivity contribution in [2.24, 2.45) is 0 Å². The van der Waals surface area contributed by atoms with Crippen LogP contribution in [0.4, 0.5) is 17.2 Å². The van der Waals surface area contributed by atoms with Gasteiger partial charge in [-0.05, 0) is 42.5 Å². The second-order valence-corrected chi connectivity index (χ2v) is 7.78. The van der Waals surface area contributed by atoms with E-state index < -0.39 is 11.5 Å². The molecule has 0 aliphatic heterocycles. The quantitative estimate of drug-likeness (QED) is 0.326. The van der Waals surface area contributed by atoms with Crippen molar-refractivity contribution in [2.45, 2.75) is 5.16 Å². The molecule has 0 radical (unpaired) electrons. The van der Waals surface area contributed by atoms with Gasteiger partial charge in [0, 0.05) is 21.3 Å². The summed E-state index contributed by atoms with van der Waals surface area (Å²) in [4.78, 5) is 43.2. The van der Waals surface area contributed by atoms with Crippen molar-refractivity contribution in [1.29, 1.82) is 0 Å². The lowest BCUT2D eigenvalue weighted by atomic mass is 10.2.